The van der Waals surface area contributed by atoms with Crippen LogP contribution in [0.1, 0.15) is 57.3 Å². The number of amides is 1. The fourth-order valence-electron chi connectivity index (χ4n) is 4.39. The van der Waals surface area contributed by atoms with Crippen molar-refractivity contribution in [2.24, 2.45) is 5.92 Å². The Bertz CT molecular complexity index is 1160. The number of benzene rings is 1. The molecule has 7 nitrogen and oxygen atoms in total. The Morgan fingerprint density at radius 3 is 2.79 bits per heavy atom. The Morgan fingerprint density at radius 1 is 1.24 bits per heavy atom. The van der Waals surface area contributed by atoms with Crippen LogP contribution in [0.15, 0.2) is 36.5 Å². The summed E-state index contributed by atoms with van der Waals surface area (Å²) in [6.07, 6.45) is 6.07. The molecule has 1 aliphatic rings. The second-order valence-electron chi connectivity index (χ2n) is 9.17. The number of nitrogens with one attached hydrogen (secondary N) is 2. The highest BCUT2D eigenvalue weighted by Crippen LogP contribution is 2.27. The van der Waals surface area contributed by atoms with Crippen molar-refractivity contribution in [3.63, 3.8) is 0 Å². The number of Topliss-reactive ketones (excluding diaryl/α,β-unsaturated/α-hetero) is 1. The highest BCUT2D eigenvalue weighted by atomic mass is 19.1. The Labute approximate surface area is 199 Å². The Kier molecular flexibility index (Phi) is 7.67. The molecule has 1 amide bonds. The first-order chi connectivity index (χ1) is 16.4. The summed E-state index contributed by atoms with van der Waals surface area (Å²) in [6, 6.07) is 8.85. The number of rotatable bonds is 11. The summed E-state index contributed by atoms with van der Waals surface area (Å²) in [7, 11) is 1.99. The van der Waals surface area contributed by atoms with E-state index in [0.717, 1.165) is 37.7 Å². The van der Waals surface area contributed by atoms with Gasteiger partial charge in [-0.15, -0.1) is 0 Å². The number of pyridine rings is 1. The van der Waals surface area contributed by atoms with E-state index in [2.05, 4.69) is 25.2 Å². The lowest BCUT2D eigenvalue weighted by Crippen LogP contribution is -2.52. The normalized spacial score (nSPS) is 15.3. The van der Waals surface area contributed by atoms with E-state index in [1.807, 2.05) is 32.2 Å². The molecule has 1 aromatic carbocycles. The van der Waals surface area contributed by atoms with Gasteiger partial charge in [0.2, 0.25) is 11.9 Å². The van der Waals surface area contributed by atoms with Gasteiger partial charge in [-0.3, -0.25) is 9.59 Å². The topological polar surface area (TPSA) is 91.0 Å². The van der Waals surface area contributed by atoms with Crippen LogP contribution in [0.5, 0.6) is 0 Å². The van der Waals surface area contributed by atoms with Crippen molar-refractivity contribution in [1.29, 1.82) is 0 Å². The molecule has 3 aromatic rings. The first-order valence-corrected chi connectivity index (χ1v) is 12.1. The average molecular weight is 466 g/mol. The number of hydrogen-bond donors (Lipinski definition) is 2. The van der Waals surface area contributed by atoms with Gasteiger partial charge in [0.1, 0.15) is 11.6 Å². The van der Waals surface area contributed by atoms with Gasteiger partial charge in [0.25, 0.3) is 0 Å². The quantitative estimate of drug-likeness (QED) is 0.323. The summed E-state index contributed by atoms with van der Waals surface area (Å²) >= 11 is 0. The minimum Gasteiger partial charge on any atom is -0.346 e. The molecule has 0 spiro atoms. The van der Waals surface area contributed by atoms with Crippen molar-refractivity contribution >= 4 is 22.6 Å². The van der Waals surface area contributed by atoms with Crippen LogP contribution >= 0.6 is 0 Å². The van der Waals surface area contributed by atoms with Gasteiger partial charge in [0, 0.05) is 31.3 Å². The van der Waals surface area contributed by atoms with Gasteiger partial charge in [0.05, 0.1) is 34.9 Å². The lowest BCUT2D eigenvalue weighted by Gasteiger charge is -2.35. The molecule has 1 aliphatic heterocycles. The maximum absolute atomic E-state index is 14.7. The number of hydrogen-bond acceptors (Lipinski definition) is 5. The monoisotopic (exact) mass is 465 g/mol. The summed E-state index contributed by atoms with van der Waals surface area (Å²) < 4.78 is 14.7. The third kappa shape index (κ3) is 5.67. The molecule has 0 radical (unpaired) electrons. The maximum Gasteiger partial charge on any atom is 0.226 e. The second-order valence-corrected chi connectivity index (χ2v) is 9.17. The van der Waals surface area contributed by atoms with Crippen LogP contribution in [0.4, 0.5) is 4.39 Å². The fourth-order valence-corrected chi connectivity index (χ4v) is 4.39. The molecule has 2 aromatic heterocycles. The first kappa shape index (κ1) is 24.0. The van der Waals surface area contributed by atoms with E-state index in [1.54, 1.807) is 18.3 Å². The number of nitrogens with zero attached hydrogens (tertiary/aromatic N) is 3. The van der Waals surface area contributed by atoms with E-state index < -0.39 is 5.95 Å². The number of carbonyl (C=O) groups is 2. The van der Waals surface area contributed by atoms with Crippen LogP contribution in [0.25, 0.3) is 22.2 Å². The fraction of sp³-hybridized carbons (Fsp3) is 0.462. The molecule has 1 fully saturated rings. The molecule has 0 saturated carbocycles. The summed E-state index contributed by atoms with van der Waals surface area (Å²) in [5.41, 5.74) is 1.48. The molecule has 0 aliphatic carbocycles. The van der Waals surface area contributed by atoms with E-state index in [9.17, 15) is 14.0 Å². The van der Waals surface area contributed by atoms with Crippen molar-refractivity contribution in [3.05, 3.63) is 48.3 Å². The maximum atomic E-state index is 14.7. The van der Waals surface area contributed by atoms with E-state index in [1.165, 1.54) is 0 Å². The van der Waals surface area contributed by atoms with Crippen molar-refractivity contribution in [2.75, 3.05) is 20.1 Å². The van der Waals surface area contributed by atoms with Gasteiger partial charge in [-0.1, -0.05) is 38.0 Å². The molecular formula is C26H32FN5O2. The smallest absolute Gasteiger partial charge is 0.226 e. The number of aromatic amines is 1. The summed E-state index contributed by atoms with van der Waals surface area (Å²) in [6.45, 7) is 3.37. The number of unbranched alkanes of at least 4 members (excludes halogenated alkanes) is 2. The van der Waals surface area contributed by atoms with Crippen LogP contribution in [-0.2, 0) is 9.59 Å². The Balaban J connectivity index is 1.48. The highest BCUT2D eigenvalue weighted by Gasteiger charge is 2.31. The predicted molar refractivity (Wildman–Crippen MR) is 130 cm³/mol. The third-order valence-corrected chi connectivity index (χ3v) is 6.49. The van der Waals surface area contributed by atoms with Gasteiger partial charge in [-0.2, -0.15) is 4.39 Å². The van der Waals surface area contributed by atoms with Crippen LogP contribution in [-0.4, -0.2) is 51.7 Å². The summed E-state index contributed by atoms with van der Waals surface area (Å²) in [4.78, 5) is 38.2. The van der Waals surface area contributed by atoms with Crippen LogP contribution in [0, 0.1) is 11.9 Å². The minimum absolute atomic E-state index is 0.0146. The zero-order valence-corrected chi connectivity index (χ0v) is 19.8. The molecule has 180 valence electrons. The molecule has 4 rings (SSSR count). The number of para-hydroxylation sites is 1. The molecular weight excluding hydrogens is 433 g/mol. The van der Waals surface area contributed by atoms with Crippen molar-refractivity contribution in [1.82, 2.24) is 25.2 Å². The average Bonchev–Trinajstić information content (AvgIpc) is 3.30. The second kappa shape index (κ2) is 10.9. The SMILES string of the molecule is CCC(=O)CCCCC[C@H](NC(=O)C1CN(C)C1)c1ncc(-c2cc3ccccc3nc2F)[nH]1. The minimum atomic E-state index is -0.562. The number of fused-ring (bicyclic) bond motifs is 1. The zero-order chi connectivity index (χ0) is 24.1. The zero-order valence-electron chi connectivity index (χ0n) is 19.8. The molecule has 0 unspecified atom stereocenters. The molecule has 0 bridgehead atoms. The van der Waals surface area contributed by atoms with Crippen molar-refractivity contribution in [2.45, 2.75) is 51.5 Å². The van der Waals surface area contributed by atoms with Crippen molar-refractivity contribution < 1.29 is 14.0 Å². The number of imidazole rings is 1. The van der Waals surface area contributed by atoms with Crippen LogP contribution in [0.2, 0.25) is 0 Å². The van der Waals surface area contributed by atoms with Gasteiger partial charge < -0.3 is 15.2 Å². The molecule has 1 atom stereocenters. The Morgan fingerprint density at radius 2 is 2.03 bits per heavy atom. The van der Waals surface area contributed by atoms with Gasteiger partial charge in [-0.05, 0) is 32.0 Å². The predicted octanol–water partition coefficient (Wildman–Crippen LogP) is 4.41. The van der Waals surface area contributed by atoms with Crippen LogP contribution < -0.4 is 5.32 Å². The number of halogens is 1. The van der Waals surface area contributed by atoms with E-state index in [-0.39, 0.29) is 23.7 Å². The lowest BCUT2D eigenvalue weighted by molar-refractivity contribution is -0.130. The molecule has 3 heterocycles. The molecule has 2 N–H and O–H groups in total. The number of likely N-dealkylation sites (tertiary alicyclic amines) is 1. The molecule has 8 heteroatoms. The number of ketones is 1. The first-order valence-electron chi connectivity index (χ1n) is 12.1. The van der Waals surface area contributed by atoms with E-state index in [0.29, 0.717) is 41.9 Å². The number of aromatic nitrogens is 3. The third-order valence-electron chi connectivity index (χ3n) is 6.49. The van der Waals surface area contributed by atoms with E-state index >= 15 is 0 Å². The molecule has 1 saturated heterocycles. The highest BCUT2D eigenvalue weighted by molar-refractivity contribution is 5.83. The summed E-state index contributed by atoms with van der Waals surface area (Å²) in [5, 5.41) is 3.98. The van der Waals surface area contributed by atoms with Crippen molar-refractivity contribution in [3.8, 4) is 11.3 Å². The Hall–Kier alpha value is -3.13. The van der Waals surface area contributed by atoms with Gasteiger partial charge in [-0.25, -0.2) is 9.97 Å². The summed E-state index contributed by atoms with van der Waals surface area (Å²) in [5.74, 6) is 0.313. The number of carbonyl (C=O) groups excluding carboxylic acids is 2. The largest absolute Gasteiger partial charge is 0.346 e. The van der Waals surface area contributed by atoms with E-state index in [4.69, 9.17) is 0 Å². The van der Waals surface area contributed by atoms with Gasteiger partial charge in [0.15, 0.2) is 0 Å². The molecule has 34 heavy (non-hydrogen) atoms. The lowest BCUT2D eigenvalue weighted by atomic mass is 9.98. The standard InChI is InChI=1S/C26H32FN5O2/c1-3-19(33)10-5-4-6-12-22(31-26(34)18-15-32(2)16-18)25-28-14-23(30-25)20-13-17-9-7-8-11-21(17)29-24(20)27/h7-9,11,13-14,18,22H,3-6,10,12,15-16H2,1-2H3,(H,28,30)(H,31,34)/t22-/m0/s1. The van der Waals surface area contributed by atoms with Gasteiger partial charge >= 0.3 is 0 Å². The van der Waals surface area contributed by atoms with Crippen LogP contribution in [0.3, 0.4) is 0 Å². The number of H-pyrrole nitrogens is 1.